The molecule has 0 aromatic carbocycles. The molecule has 2 aliphatic rings. The van der Waals surface area contributed by atoms with Crippen LogP contribution in [0.2, 0.25) is 0 Å². The number of aliphatic hydroxyl groups is 1. The molecule has 1 saturated carbocycles. The number of aliphatic hydroxyl groups excluding tert-OH is 1. The van der Waals surface area contributed by atoms with E-state index < -0.39 is 8.03 Å². The Morgan fingerprint density at radius 2 is 2.04 bits per heavy atom. The van der Waals surface area contributed by atoms with Crippen molar-refractivity contribution in [3.8, 4) is 0 Å². The summed E-state index contributed by atoms with van der Waals surface area (Å²) in [6.45, 7) is 2.17. The summed E-state index contributed by atoms with van der Waals surface area (Å²) in [7, 11) is -2.01. The van der Waals surface area contributed by atoms with E-state index in [2.05, 4.69) is 19.1 Å². The van der Waals surface area contributed by atoms with Gasteiger partial charge in [-0.15, -0.1) is 0 Å². The summed E-state index contributed by atoms with van der Waals surface area (Å²) in [4.78, 5) is 20.9. The summed E-state index contributed by atoms with van der Waals surface area (Å²) in [5, 5.41) is 10.5. The highest BCUT2D eigenvalue weighted by molar-refractivity contribution is 7.37. The Kier molecular flexibility index (Phi) is 8.66. The highest BCUT2D eigenvalue weighted by Gasteiger charge is 2.41. The minimum Gasteiger partial charge on any atom is -0.392 e. The predicted molar refractivity (Wildman–Crippen MR) is 105 cm³/mol. The van der Waals surface area contributed by atoms with E-state index >= 15 is 0 Å². The largest absolute Gasteiger partial charge is 0.505 e. The average Bonchev–Trinajstić information content (AvgIpc) is 2.90. The van der Waals surface area contributed by atoms with Crippen molar-refractivity contribution in [1.29, 1.82) is 0 Å². The summed E-state index contributed by atoms with van der Waals surface area (Å²) in [5.41, 5.74) is 0.129. The summed E-state index contributed by atoms with van der Waals surface area (Å²) >= 11 is 0. The Morgan fingerprint density at radius 1 is 1.31 bits per heavy atom. The fourth-order valence-corrected chi connectivity index (χ4v) is 4.81. The van der Waals surface area contributed by atoms with Crippen molar-refractivity contribution in [3.63, 3.8) is 0 Å². The minimum atomic E-state index is -2.01. The Hall–Kier alpha value is -0.830. The lowest BCUT2D eigenvalue weighted by molar-refractivity contribution is -0.118. The van der Waals surface area contributed by atoms with Crippen LogP contribution in [-0.4, -0.2) is 28.0 Å². The molecule has 5 heteroatoms. The third kappa shape index (κ3) is 5.84. The summed E-state index contributed by atoms with van der Waals surface area (Å²) in [6.07, 6.45) is 17.8. The first-order valence-electron chi connectivity index (χ1n) is 10.2. The fourth-order valence-electron chi connectivity index (χ4n) is 4.32. The summed E-state index contributed by atoms with van der Waals surface area (Å²) in [6, 6.07) is 0. The molecular weight excluding hydrogens is 347 g/mol. The highest BCUT2D eigenvalue weighted by Crippen LogP contribution is 2.47. The SMILES string of the molecule is CCC1(C(O)C/C=C/C2C=CC(=O)C2CCCCCC[P+](=O)O)CCC1. The Bertz CT molecular complexity index is 531. The minimum absolute atomic E-state index is 0.0294. The second-order valence-corrected chi connectivity index (χ2v) is 9.12. The molecule has 0 heterocycles. The molecule has 1 fully saturated rings. The first-order valence-corrected chi connectivity index (χ1v) is 11.6. The topological polar surface area (TPSA) is 74.6 Å². The van der Waals surface area contributed by atoms with Gasteiger partial charge in [0, 0.05) is 11.8 Å². The molecule has 0 amide bonds. The molecule has 0 aliphatic heterocycles. The molecule has 0 aromatic rings. The van der Waals surface area contributed by atoms with Crippen LogP contribution in [0, 0.1) is 17.3 Å². The van der Waals surface area contributed by atoms with Gasteiger partial charge >= 0.3 is 8.03 Å². The molecule has 26 heavy (non-hydrogen) atoms. The van der Waals surface area contributed by atoms with Crippen molar-refractivity contribution in [2.45, 2.75) is 77.2 Å². The number of rotatable bonds is 12. The molecule has 4 unspecified atom stereocenters. The Balaban J connectivity index is 1.72. The van der Waals surface area contributed by atoms with Crippen molar-refractivity contribution >= 4 is 13.8 Å². The van der Waals surface area contributed by atoms with Gasteiger partial charge in [-0.3, -0.25) is 4.79 Å². The second kappa shape index (κ2) is 10.5. The smallest absolute Gasteiger partial charge is 0.392 e. The Labute approximate surface area is 158 Å². The molecule has 0 aromatic heterocycles. The number of hydrogen-bond acceptors (Lipinski definition) is 3. The van der Waals surface area contributed by atoms with Crippen LogP contribution >= 0.6 is 8.03 Å². The number of carbonyl (C=O) groups is 1. The van der Waals surface area contributed by atoms with Crippen LogP contribution in [0.4, 0.5) is 0 Å². The van der Waals surface area contributed by atoms with Gasteiger partial charge in [0.15, 0.2) is 11.9 Å². The lowest BCUT2D eigenvalue weighted by atomic mass is 9.63. The zero-order chi connectivity index (χ0) is 19.0. The normalized spacial score (nSPS) is 26.3. The highest BCUT2D eigenvalue weighted by atomic mass is 31.1. The number of unbranched alkanes of at least 4 members (excludes halogenated alkanes) is 3. The van der Waals surface area contributed by atoms with E-state index in [1.165, 1.54) is 6.42 Å². The van der Waals surface area contributed by atoms with Gasteiger partial charge in [0.1, 0.15) is 0 Å². The van der Waals surface area contributed by atoms with Crippen LogP contribution < -0.4 is 0 Å². The van der Waals surface area contributed by atoms with Crippen molar-refractivity contribution in [1.82, 2.24) is 0 Å². The first kappa shape index (κ1) is 21.5. The van der Waals surface area contributed by atoms with Crippen molar-refractivity contribution in [2.75, 3.05) is 6.16 Å². The van der Waals surface area contributed by atoms with E-state index in [0.717, 1.165) is 51.4 Å². The van der Waals surface area contributed by atoms with Gasteiger partial charge in [0.05, 0.1) is 6.10 Å². The first-order chi connectivity index (χ1) is 12.5. The van der Waals surface area contributed by atoms with Gasteiger partial charge in [-0.05, 0) is 61.0 Å². The zero-order valence-corrected chi connectivity index (χ0v) is 16.9. The van der Waals surface area contributed by atoms with Crippen molar-refractivity contribution in [2.24, 2.45) is 17.3 Å². The van der Waals surface area contributed by atoms with Crippen molar-refractivity contribution < 1.29 is 19.4 Å². The number of hydrogen-bond donors (Lipinski definition) is 2. The maximum absolute atomic E-state index is 12.1. The van der Waals surface area contributed by atoms with Gasteiger partial charge in [0.2, 0.25) is 0 Å². The monoisotopic (exact) mass is 381 g/mol. The quantitative estimate of drug-likeness (QED) is 0.285. The standard InChI is InChI=1S/C21H33O4P/c1-2-21(14-8-15-21)20(23)11-7-9-17-12-13-19(22)18(17)10-5-3-4-6-16-26(24)25/h7,9,12-13,17-18,20,23H,2-6,8,10-11,14-16H2,1H3/p+1/b9-7+. The van der Waals surface area contributed by atoms with Gasteiger partial charge in [0.25, 0.3) is 0 Å². The second-order valence-electron chi connectivity index (χ2n) is 7.97. The molecule has 0 saturated heterocycles. The molecule has 0 bridgehead atoms. The van der Waals surface area contributed by atoms with Gasteiger partial charge < -0.3 is 5.11 Å². The van der Waals surface area contributed by atoms with Crippen LogP contribution in [0.15, 0.2) is 24.3 Å². The van der Waals surface area contributed by atoms with Crippen LogP contribution in [-0.2, 0) is 9.36 Å². The maximum atomic E-state index is 12.1. The molecule has 4 nitrogen and oxygen atoms in total. The summed E-state index contributed by atoms with van der Waals surface area (Å²) < 4.78 is 10.6. The van der Waals surface area contributed by atoms with Crippen LogP contribution in [0.5, 0.6) is 0 Å². The lowest BCUT2D eigenvalue weighted by Crippen LogP contribution is -2.40. The molecule has 0 radical (unpaired) electrons. The number of carbonyl (C=O) groups excluding carboxylic acids is 1. The van der Waals surface area contributed by atoms with E-state index in [0.29, 0.717) is 12.6 Å². The molecule has 2 aliphatic carbocycles. The molecule has 0 spiro atoms. The predicted octanol–water partition coefficient (Wildman–Crippen LogP) is 4.93. The number of ketones is 1. The molecule has 2 N–H and O–H groups in total. The van der Waals surface area contributed by atoms with E-state index in [-0.39, 0.29) is 29.1 Å². The van der Waals surface area contributed by atoms with Gasteiger partial charge in [-0.25, -0.2) is 0 Å². The third-order valence-electron chi connectivity index (χ3n) is 6.41. The zero-order valence-electron chi connectivity index (χ0n) is 16.0. The maximum Gasteiger partial charge on any atom is 0.505 e. The van der Waals surface area contributed by atoms with E-state index in [1.54, 1.807) is 6.08 Å². The molecule has 2 rings (SSSR count). The molecule has 146 valence electrons. The van der Waals surface area contributed by atoms with Gasteiger partial charge in [-0.2, -0.15) is 4.89 Å². The van der Waals surface area contributed by atoms with E-state index in [1.807, 2.05) is 6.08 Å². The van der Waals surface area contributed by atoms with E-state index in [4.69, 9.17) is 4.89 Å². The van der Waals surface area contributed by atoms with Crippen LogP contribution in [0.25, 0.3) is 0 Å². The summed E-state index contributed by atoms with van der Waals surface area (Å²) in [5.74, 6) is 0.393. The molecular formula is C21H34O4P+. The third-order valence-corrected chi connectivity index (χ3v) is 7.10. The van der Waals surface area contributed by atoms with Crippen LogP contribution in [0.3, 0.4) is 0 Å². The lowest BCUT2D eigenvalue weighted by Gasteiger charge is -2.45. The molecule has 4 atom stereocenters. The Morgan fingerprint density at radius 3 is 2.65 bits per heavy atom. The van der Waals surface area contributed by atoms with Crippen LogP contribution in [0.1, 0.15) is 71.1 Å². The fraction of sp³-hybridized carbons (Fsp3) is 0.762. The van der Waals surface area contributed by atoms with E-state index in [9.17, 15) is 14.5 Å². The van der Waals surface area contributed by atoms with Crippen molar-refractivity contribution in [3.05, 3.63) is 24.3 Å². The average molecular weight is 381 g/mol. The van der Waals surface area contributed by atoms with Gasteiger partial charge in [-0.1, -0.05) is 44.4 Å². The number of allylic oxidation sites excluding steroid dienone is 3.